The molecule has 7 heteroatoms. The fraction of sp³-hybridized carbons (Fsp3) is 0.214. The van der Waals surface area contributed by atoms with Crippen molar-refractivity contribution in [2.75, 3.05) is 19.0 Å². The molecule has 0 saturated heterocycles. The summed E-state index contributed by atoms with van der Waals surface area (Å²) in [6.07, 6.45) is 1.76. The third-order valence-electron chi connectivity index (χ3n) is 2.84. The summed E-state index contributed by atoms with van der Waals surface area (Å²) >= 11 is 5.81. The highest BCUT2D eigenvalue weighted by Crippen LogP contribution is 2.22. The number of halogens is 1. The normalized spacial score (nSPS) is 11.4. The Morgan fingerprint density at radius 2 is 2.00 bits per heavy atom. The predicted molar refractivity (Wildman–Crippen MR) is 83.0 cm³/mol. The number of rotatable bonds is 5. The Bertz CT molecular complexity index is 733. The number of anilines is 1. The molecule has 0 spiro atoms. The van der Waals surface area contributed by atoms with Crippen LogP contribution >= 0.6 is 11.6 Å². The van der Waals surface area contributed by atoms with Crippen molar-refractivity contribution in [1.29, 1.82) is 0 Å². The topological polar surface area (TPSA) is 65.6 Å². The summed E-state index contributed by atoms with van der Waals surface area (Å²) in [4.78, 5) is 5.06. The van der Waals surface area contributed by atoms with E-state index in [1.165, 1.54) is 12.1 Å². The SMILES string of the molecule is CN(C)c1cc(C[N-]S(=O)(=O)c2cccc(Cl)c2)cc[nH+]1. The molecule has 0 aliphatic carbocycles. The van der Waals surface area contributed by atoms with E-state index in [4.69, 9.17) is 11.6 Å². The summed E-state index contributed by atoms with van der Waals surface area (Å²) < 4.78 is 28.1. The Hall–Kier alpha value is -1.63. The van der Waals surface area contributed by atoms with E-state index in [0.29, 0.717) is 5.02 Å². The van der Waals surface area contributed by atoms with Crippen LogP contribution in [0.4, 0.5) is 5.82 Å². The average molecular weight is 326 g/mol. The Balaban J connectivity index is 2.14. The van der Waals surface area contributed by atoms with Crippen LogP contribution in [0, 0.1) is 0 Å². The van der Waals surface area contributed by atoms with E-state index in [1.807, 2.05) is 25.1 Å². The fourth-order valence-corrected chi connectivity index (χ4v) is 2.97. The zero-order chi connectivity index (χ0) is 15.5. The smallest absolute Gasteiger partial charge is 0.274 e. The molecule has 0 amide bonds. The van der Waals surface area contributed by atoms with Crippen molar-refractivity contribution in [3.8, 4) is 0 Å². The van der Waals surface area contributed by atoms with Crippen molar-refractivity contribution in [2.24, 2.45) is 0 Å². The summed E-state index contributed by atoms with van der Waals surface area (Å²) in [7, 11) is 0.0992. The maximum absolute atomic E-state index is 12.1. The lowest BCUT2D eigenvalue weighted by Gasteiger charge is -2.20. The first-order valence-electron chi connectivity index (χ1n) is 6.26. The van der Waals surface area contributed by atoms with E-state index in [9.17, 15) is 8.42 Å². The minimum atomic E-state index is -3.70. The largest absolute Gasteiger partial charge is 0.541 e. The lowest BCUT2D eigenvalue weighted by atomic mass is 10.2. The first-order chi connectivity index (χ1) is 9.88. The summed E-state index contributed by atoms with van der Waals surface area (Å²) in [6, 6.07) is 9.74. The van der Waals surface area contributed by atoms with E-state index in [0.717, 1.165) is 11.4 Å². The molecule has 21 heavy (non-hydrogen) atoms. The number of pyridine rings is 1. The van der Waals surface area contributed by atoms with Gasteiger partial charge in [0.25, 0.3) is 5.82 Å². The van der Waals surface area contributed by atoms with Crippen LogP contribution in [-0.2, 0) is 16.6 Å². The Labute approximate surface area is 129 Å². The fourth-order valence-electron chi connectivity index (χ4n) is 1.72. The van der Waals surface area contributed by atoms with Crippen LogP contribution in [0.25, 0.3) is 4.72 Å². The van der Waals surface area contributed by atoms with Gasteiger partial charge >= 0.3 is 0 Å². The van der Waals surface area contributed by atoms with Crippen LogP contribution in [0.1, 0.15) is 5.56 Å². The van der Waals surface area contributed by atoms with Crippen LogP contribution < -0.4 is 9.88 Å². The number of benzene rings is 1. The molecule has 0 aliphatic rings. The van der Waals surface area contributed by atoms with Crippen LogP contribution in [0.2, 0.25) is 5.02 Å². The summed E-state index contributed by atoms with van der Waals surface area (Å²) in [6.45, 7) is 0.0877. The van der Waals surface area contributed by atoms with E-state index >= 15 is 0 Å². The Kier molecular flexibility index (Phi) is 4.82. The van der Waals surface area contributed by atoms with Crippen LogP contribution in [-0.4, -0.2) is 22.5 Å². The third kappa shape index (κ3) is 4.17. The molecule has 0 atom stereocenters. The summed E-state index contributed by atoms with van der Waals surface area (Å²) in [5.41, 5.74) is 0.808. The zero-order valence-corrected chi connectivity index (χ0v) is 13.3. The van der Waals surface area contributed by atoms with Gasteiger partial charge in [-0.25, -0.2) is 13.4 Å². The van der Waals surface area contributed by atoms with E-state index in [1.54, 1.807) is 24.4 Å². The van der Waals surface area contributed by atoms with Crippen molar-refractivity contribution in [1.82, 2.24) is 0 Å². The number of hydrogen-bond acceptors (Lipinski definition) is 3. The minimum Gasteiger partial charge on any atom is -0.541 e. The Morgan fingerprint density at radius 3 is 2.67 bits per heavy atom. The van der Waals surface area contributed by atoms with Gasteiger partial charge in [-0.15, -0.1) is 6.54 Å². The molecule has 1 heterocycles. The molecule has 1 aromatic heterocycles. The highest BCUT2D eigenvalue weighted by molar-refractivity contribution is 7.94. The third-order valence-corrected chi connectivity index (χ3v) is 4.40. The van der Waals surface area contributed by atoms with Crippen LogP contribution in [0.15, 0.2) is 47.5 Å². The Morgan fingerprint density at radius 1 is 1.24 bits per heavy atom. The monoisotopic (exact) mass is 325 g/mol. The van der Waals surface area contributed by atoms with Gasteiger partial charge in [0.05, 0.1) is 20.3 Å². The lowest BCUT2D eigenvalue weighted by molar-refractivity contribution is -0.363. The molecule has 112 valence electrons. The highest BCUT2D eigenvalue weighted by atomic mass is 35.5. The van der Waals surface area contributed by atoms with Crippen molar-refractivity contribution < 1.29 is 13.4 Å². The second-order valence-corrected chi connectivity index (χ2v) is 6.81. The van der Waals surface area contributed by atoms with Gasteiger partial charge in [0.15, 0.2) is 0 Å². The van der Waals surface area contributed by atoms with E-state index in [-0.39, 0.29) is 11.4 Å². The molecule has 0 aliphatic heterocycles. The van der Waals surface area contributed by atoms with E-state index in [2.05, 4.69) is 9.71 Å². The summed E-state index contributed by atoms with van der Waals surface area (Å²) in [5.74, 6) is 0.878. The van der Waals surface area contributed by atoms with Gasteiger partial charge in [-0.05, 0) is 24.3 Å². The number of H-pyrrole nitrogens is 1. The molecule has 0 fully saturated rings. The van der Waals surface area contributed by atoms with Gasteiger partial charge in [-0.1, -0.05) is 23.2 Å². The summed E-state index contributed by atoms with van der Waals surface area (Å²) in [5, 5.41) is 0.371. The van der Waals surface area contributed by atoms with Gasteiger partial charge in [-0.3, -0.25) is 4.90 Å². The van der Waals surface area contributed by atoms with Gasteiger partial charge in [0, 0.05) is 16.0 Å². The molecule has 2 aromatic rings. The van der Waals surface area contributed by atoms with Gasteiger partial charge in [-0.2, -0.15) is 0 Å². The molecule has 1 N–H and O–H groups in total. The van der Waals surface area contributed by atoms with Gasteiger partial charge in [0.1, 0.15) is 10.0 Å². The molecule has 0 radical (unpaired) electrons. The van der Waals surface area contributed by atoms with Crippen molar-refractivity contribution in [3.05, 3.63) is 57.9 Å². The quantitative estimate of drug-likeness (QED) is 0.848. The molecule has 1 aromatic carbocycles. The van der Waals surface area contributed by atoms with Crippen molar-refractivity contribution in [2.45, 2.75) is 11.4 Å². The standard InChI is InChI=1S/C14H15ClN3O2S/c1-18(2)14-8-11(6-7-16-14)10-17-21(19,20)13-5-3-4-12(15)9-13/h3-9H,10H2,1-2H3/q-1/p+1. The molecule has 0 unspecified atom stereocenters. The highest BCUT2D eigenvalue weighted by Gasteiger charge is 2.06. The second-order valence-electron chi connectivity index (χ2n) is 4.70. The second kappa shape index (κ2) is 6.43. The van der Waals surface area contributed by atoms with Crippen LogP contribution in [0.5, 0.6) is 0 Å². The zero-order valence-electron chi connectivity index (χ0n) is 11.7. The number of aromatic nitrogens is 1. The van der Waals surface area contributed by atoms with Gasteiger partial charge < -0.3 is 4.72 Å². The van der Waals surface area contributed by atoms with Gasteiger partial charge in [0.2, 0.25) is 0 Å². The molecular weight excluding hydrogens is 310 g/mol. The first-order valence-corrected chi connectivity index (χ1v) is 8.07. The number of hydrogen-bond donors (Lipinski definition) is 0. The maximum atomic E-state index is 12.1. The van der Waals surface area contributed by atoms with E-state index < -0.39 is 10.0 Å². The number of nitrogens with one attached hydrogen (secondary N) is 1. The van der Waals surface area contributed by atoms with Crippen molar-refractivity contribution >= 4 is 27.4 Å². The maximum Gasteiger partial charge on any atom is 0.274 e. The van der Waals surface area contributed by atoms with Crippen LogP contribution in [0.3, 0.4) is 0 Å². The minimum absolute atomic E-state index is 0.0877. The molecule has 0 saturated carbocycles. The average Bonchev–Trinajstić information content (AvgIpc) is 2.45. The first kappa shape index (κ1) is 15.8. The predicted octanol–water partition coefficient (Wildman–Crippen LogP) is 2.48. The molecule has 0 bridgehead atoms. The lowest BCUT2D eigenvalue weighted by Crippen LogP contribution is -2.20. The number of aromatic amines is 1. The van der Waals surface area contributed by atoms with Crippen molar-refractivity contribution in [3.63, 3.8) is 0 Å². The number of sulfonamides is 1. The molecular formula is C14H16ClN3O2S. The number of nitrogens with zero attached hydrogens (tertiary/aromatic N) is 2. The molecule has 2 rings (SSSR count). The molecule has 5 nitrogen and oxygen atoms in total.